The van der Waals surface area contributed by atoms with Crippen molar-refractivity contribution >= 4 is 29.1 Å². The van der Waals surface area contributed by atoms with Crippen molar-refractivity contribution in [3.05, 3.63) is 70.8 Å². The molecule has 1 aliphatic rings. The molecular formula is C19H19N3OS. The lowest BCUT2D eigenvalue weighted by Gasteiger charge is -2.05. The molecule has 1 amide bonds. The highest BCUT2D eigenvalue weighted by Crippen LogP contribution is 2.23. The van der Waals surface area contributed by atoms with Crippen LogP contribution in [0.15, 0.2) is 58.7 Å². The molecule has 1 aliphatic heterocycles. The first kappa shape index (κ1) is 16.5. The smallest absolute Gasteiger partial charge is 0.239 e. The molecule has 0 radical (unpaired) electrons. The molecule has 24 heavy (non-hydrogen) atoms. The van der Waals surface area contributed by atoms with Crippen molar-refractivity contribution < 1.29 is 4.79 Å². The van der Waals surface area contributed by atoms with Crippen molar-refractivity contribution in [3.8, 4) is 0 Å². The van der Waals surface area contributed by atoms with Gasteiger partial charge in [-0.3, -0.25) is 4.79 Å². The Balaban J connectivity index is 1.65. The normalized spacial score (nSPS) is 19.2. The van der Waals surface area contributed by atoms with Crippen LogP contribution in [0.5, 0.6) is 0 Å². The van der Waals surface area contributed by atoms with Gasteiger partial charge in [0.25, 0.3) is 0 Å². The third-order valence-corrected chi connectivity index (χ3v) is 4.89. The predicted molar refractivity (Wildman–Crippen MR) is 101 cm³/mol. The zero-order valence-corrected chi connectivity index (χ0v) is 14.5. The molecule has 2 aromatic carbocycles. The minimum Gasteiger partial charge on any atom is -0.303 e. The van der Waals surface area contributed by atoms with Gasteiger partial charge in [0.1, 0.15) is 0 Å². The number of nitrogens with one attached hydrogen (secondary N) is 1. The summed E-state index contributed by atoms with van der Waals surface area (Å²) in [6.07, 6.45) is 2.40. The molecule has 0 aliphatic carbocycles. The number of thioether (sulfide) groups is 1. The number of hydrogen-bond donors (Lipinski definition) is 1. The van der Waals surface area contributed by atoms with Crippen LogP contribution in [0.4, 0.5) is 0 Å². The van der Waals surface area contributed by atoms with Gasteiger partial charge in [0.15, 0.2) is 5.17 Å². The first-order valence-electron chi connectivity index (χ1n) is 7.81. The maximum Gasteiger partial charge on any atom is 0.239 e. The molecule has 5 heteroatoms. The molecule has 0 bridgehead atoms. The van der Waals surface area contributed by atoms with E-state index >= 15 is 0 Å². The maximum atomic E-state index is 12.1. The summed E-state index contributed by atoms with van der Waals surface area (Å²) >= 11 is 1.43. The van der Waals surface area contributed by atoms with E-state index in [2.05, 4.69) is 34.6 Å². The van der Waals surface area contributed by atoms with Gasteiger partial charge in [-0.25, -0.2) is 0 Å². The number of carbonyl (C=O) groups is 1. The highest BCUT2D eigenvalue weighted by molar-refractivity contribution is 8.15. The van der Waals surface area contributed by atoms with Crippen molar-refractivity contribution in [2.24, 2.45) is 10.2 Å². The van der Waals surface area contributed by atoms with Gasteiger partial charge < -0.3 is 5.32 Å². The van der Waals surface area contributed by atoms with Gasteiger partial charge in [0, 0.05) is 0 Å². The largest absolute Gasteiger partial charge is 0.303 e. The second kappa shape index (κ2) is 7.45. The van der Waals surface area contributed by atoms with Crippen molar-refractivity contribution in [1.29, 1.82) is 0 Å². The molecule has 0 aromatic heterocycles. The van der Waals surface area contributed by atoms with Crippen LogP contribution in [0.3, 0.4) is 0 Å². The number of nitrogens with zero attached hydrogens (tertiary/aromatic N) is 2. The lowest BCUT2D eigenvalue weighted by Crippen LogP contribution is -2.25. The summed E-state index contributed by atoms with van der Waals surface area (Å²) in [4.78, 5) is 12.1. The van der Waals surface area contributed by atoms with Gasteiger partial charge in [-0.15, -0.1) is 5.10 Å². The third-order valence-electron chi connectivity index (χ3n) is 3.81. The third kappa shape index (κ3) is 4.11. The van der Waals surface area contributed by atoms with Crippen LogP contribution >= 0.6 is 11.8 Å². The Morgan fingerprint density at radius 1 is 1.17 bits per heavy atom. The van der Waals surface area contributed by atoms with E-state index in [4.69, 9.17) is 0 Å². The maximum absolute atomic E-state index is 12.1. The van der Waals surface area contributed by atoms with Gasteiger partial charge >= 0.3 is 0 Å². The summed E-state index contributed by atoms with van der Waals surface area (Å²) in [5.41, 5.74) is 4.52. The summed E-state index contributed by atoms with van der Waals surface area (Å²) < 4.78 is 0. The van der Waals surface area contributed by atoms with E-state index in [9.17, 15) is 4.79 Å². The average molecular weight is 337 g/mol. The Morgan fingerprint density at radius 3 is 2.79 bits per heavy atom. The zero-order chi connectivity index (χ0) is 16.9. The summed E-state index contributed by atoms with van der Waals surface area (Å²) in [5, 5.41) is 11.4. The van der Waals surface area contributed by atoms with Gasteiger partial charge in [-0.2, -0.15) is 5.10 Å². The zero-order valence-electron chi connectivity index (χ0n) is 13.7. The minimum atomic E-state index is -0.154. The van der Waals surface area contributed by atoms with Crippen molar-refractivity contribution in [3.63, 3.8) is 0 Å². The molecule has 1 saturated heterocycles. The second-order valence-electron chi connectivity index (χ2n) is 5.80. The number of rotatable bonds is 4. The molecule has 3 rings (SSSR count). The number of amides is 1. The fourth-order valence-corrected chi connectivity index (χ4v) is 3.48. The molecule has 1 fully saturated rings. The van der Waals surface area contributed by atoms with Crippen molar-refractivity contribution in [2.45, 2.75) is 25.5 Å². The Bertz CT molecular complexity index is 814. The van der Waals surface area contributed by atoms with E-state index in [1.807, 2.05) is 43.3 Å². The van der Waals surface area contributed by atoms with Gasteiger partial charge in [-0.05, 0) is 37.0 Å². The molecule has 1 heterocycles. The van der Waals surface area contributed by atoms with E-state index < -0.39 is 0 Å². The first-order valence-corrected chi connectivity index (χ1v) is 8.69. The average Bonchev–Trinajstić information content (AvgIpc) is 2.89. The number of aryl methyl sites for hydroxylation is 2. The Labute approximate surface area is 146 Å². The molecule has 0 saturated carbocycles. The highest BCUT2D eigenvalue weighted by Gasteiger charge is 2.30. The molecule has 1 atom stereocenters. The molecule has 1 unspecified atom stereocenters. The molecular weight excluding hydrogens is 318 g/mol. The Morgan fingerprint density at radius 2 is 2.00 bits per heavy atom. The number of benzene rings is 2. The summed E-state index contributed by atoms with van der Waals surface area (Å²) in [5.74, 6) is -0.00801. The molecule has 4 nitrogen and oxygen atoms in total. The van der Waals surface area contributed by atoms with Crippen LogP contribution in [0.1, 0.15) is 22.3 Å². The minimum absolute atomic E-state index is 0.00801. The highest BCUT2D eigenvalue weighted by atomic mass is 32.2. The molecule has 1 N–H and O–H groups in total. The summed E-state index contributed by atoms with van der Waals surface area (Å²) in [7, 11) is 0. The van der Waals surface area contributed by atoms with Gasteiger partial charge in [0.05, 0.1) is 11.5 Å². The lowest BCUT2D eigenvalue weighted by atomic mass is 10.1. The lowest BCUT2D eigenvalue weighted by molar-refractivity contribution is -0.118. The second-order valence-corrected chi connectivity index (χ2v) is 6.99. The standard InChI is InChI=1S/C19H19N3OS/c1-13-6-5-8-15(10-13)11-17-18(23)21-19(24-17)22-20-12-16-9-4-3-7-14(16)2/h3-10,12,17H,11H2,1-2H3,(H,21,22,23). The van der Waals surface area contributed by atoms with Crippen LogP contribution in [0.25, 0.3) is 0 Å². The topological polar surface area (TPSA) is 53.8 Å². The first-order chi connectivity index (χ1) is 11.6. The van der Waals surface area contributed by atoms with Crippen LogP contribution in [0, 0.1) is 13.8 Å². The fourth-order valence-electron chi connectivity index (χ4n) is 2.51. The Hall–Kier alpha value is -2.40. The van der Waals surface area contributed by atoms with Crippen molar-refractivity contribution in [2.75, 3.05) is 0 Å². The van der Waals surface area contributed by atoms with E-state index in [1.54, 1.807) is 6.21 Å². The molecule has 122 valence electrons. The Kier molecular flexibility index (Phi) is 5.11. The number of carbonyl (C=O) groups excluding carboxylic acids is 1. The van der Waals surface area contributed by atoms with E-state index in [0.29, 0.717) is 11.6 Å². The molecule has 0 spiro atoms. The van der Waals surface area contributed by atoms with Crippen molar-refractivity contribution in [1.82, 2.24) is 5.32 Å². The van der Waals surface area contributed by atoms with Crippen LogP contribution in [0.2, 0.25) is 0 Å². The molecule has 2 aromatic rings. The van der Waals surface area contributed by atoms with E-state index in [-0.39, 0.29) is 11.2 Å². The van der Waals surface area contributed by atoms with Crippen LogP contribution in [-0.2, 0) is 11.2 Å². The SMILES string of the molecule is Cc1cccc(CC2SC(=NN=Cc3ccccc3C)NC2=O)c1. The quantitative estimate of drug-likeness (QED) is 0.686. The van der Waals surface area contributed by atoms with Crippen LogP contribution < -0.4 is 5.32 Å². The van der Waals surface area contributed by atoms with Gasteiger partial charge in [-0.1, -0.05) is 65.9 Å². The number of amidine groups is 1. The van der Waals surface area contributed by atoms with Gasteiger partial charge in [0.2, 0.25) is 5.91 Å². The summed E-state index contributed by atoms with van der Waals surface area (Å²) in [6.45, 7) is 4.08. The fraction of sp³-hybridized carbons (Fsp3) is 0.211. The predicted octanol–water partition coefficient (Wildman–Crippen LogP) is 3.47. The van der Waals surface area contributed by atoms with E-state index in [0.717, 1.165) is 16.7 Å². The number of hydrogen-bond acceptors (Lipinski definition) is 4. The monoisotopic (exact) mass is 337 g/mol. The van der Waals surface area contributed by atoms with Crippen LogP contribution in [-0.4, -0.2) is 22.5 Å². The van der Waals surface area contributed by atoms with E-state index in [1.165, 1.54) is 17.3 Å². The summed E-state index contributed by atoms with van der Waals surface area (Å²) in [6, 6.07) is 16.2.